The quantitative estimate of drug-likeness (QED) is 0.614. The highest BCUT2D eigenvalue weighted by Crippen LogP contribution is 2.34. The second-order valence-corrected chi connectivity index (χ2v) is 8.07. The van der Waals surface area contributed by atoms with Gasteiger partial charge in [0.15, 0.2) is 0 Å². The first-order valence-corrected chi connectivity index (χ1v) is 10.3. The molecule has 8 heteroatoms. The van der Waals surface area contributed by atoms with Gasteiger partial charge in [-0.25, -0.2) is 0 Å². The summed E-state index contributed by atoms with van der Waals surface area (Å²) in [4.78, 5) is 38.8. The minimum atomic E-state index is -0.508. The van der Waals surface area contributed by atoms with Gasteiger partial charge >= 0.3 is 0 Å². The lowest BCUT2D eigenvalue weighted by molar-refractivity contribution is -0.127. The Bertz CT molecular complexity index is 1290. The summed E-state index contributed by atoms with van der Waals surface area (Å²) in [7, 11) is 0. The largest absolute Gasteiger partial charge is 0.333 e. The molecule has 1 aromatic heterocycles. The molecule has 0 radical (unpaired) electrons. The van der Waals surface area contributed by atoms with Gasteiger partial charge in [0.1, 0.15) is 13.1 Å². The monoisotopic (exact) mass is 430 g/mol. The fourth-order valence-corrected chi connectivity index (χ4v) is 4.27. The fraction of sp³-hybridized carbons (Fsp3) is 0.130. The highest BCUT2D eigenvalue weighted by molar-refractivity contribution is 8.18. The lowest BCUT2D eigenvalue weighted by Gasteiger charge is -2.12. The van der Waals surface area contributed by atoms with Gasteiger partial charge in [0.05, 0.1) is 11.0 Å². The smallest absolute Gasteiger partial charge is 0.294 e. The van der Waals surface area contributed by atoms with Crippen molar-refractivity contribution in [2.45, 2.75) is 13.5 Å². The summed E-state index contributed by atoms with van der Waals surface area (Å²) >= 11 is 0.803. The van der Waals surface area contributed by atoms with Crippen LogP contribution < -0.4 is 5.32 Å². The van der Waals surface area contributed by atoms with Crippen molar-refractivity contribution in [3.63, 3.8) is 0 Å². The highest BCUT2D eigenvalue weighted by Gasteiger charge is 2.36. The molecule has 31 heavy (non-hydrogen) atoms. The number of carbonyl (C=O) groups excluding carboxylic acids is 3. The molecule has 0 atom stereocenters. The molecule has 1 saturated heterocycles. The van der Waals surface area contributed by atoms with Crippen LogP contribution >= 0.6 is 11.8 Å². The van der Waals surface area contributed by atoms with Crippen LogP contribution in [0.4, 0.5) is 10.5 Å². The van der Waals surface area contributed by atoms with E-state index in [0.29, 0.717) is 5.69 Å². The molecule has 1 fully saturated rings. The first-order valence-electron chi connectivity index (χ1n) is 9.53. The summed E-state index contributed by atoms with van der Waals surface area (Å²) in [6.07, 6.45) is 3.42. The standard InChI is InChI=1S/C23H18N4O3S/c1-15-5-4-6-17(11-15)25-21(28)14-27-22(29)20(31-23(27)30)12-16-13-26(10-9-24)19-8-3-2-7-18(16)19/h2-8,11-13H,10,14H2,1H3,(H,25,28)/b20-12-. The number of thioether (sulfide) groups is 1. The van der Waals surface area contributed by atoms with Gasteiger partial charge in [0, 0.05) is 28.4 Å². The molecule has 0 unspecified atom stereocenters. The van der Waals surface area contributed by atoms with E-state index in [2.05, 4.69) is 11.4 Å². The van der Waals surface area contributed by atoms with Crippen molar-refractivity contribution in [1.29, 1.82) is 5.26 Å². The van der Waals surface area contributed by atoms with Crippen LogP contribution in [0.25, 0.3) is 17.0 Å². The van der Waals surface area contributed by atoms with Crippen LogP contribution in [0.3, 0.4) is 0 Å². The second kappa shape index (κ2) is 8.50. The number of anilines is 1. The summed E-state index contributed by atoms with van der Waals surface area (Å²) in [5.74, 6) is -0.953. The molecule has 0 aliphatic carbocycles. The predicted molar refractivity (Wildman–Crippen MR) is 120 cm³/mol. The number of aryl methyl sites for hydroxylation is 1. The normalized spacial score (nSPS) is 15.0. The van der Waals surface area contributed by atoms with Crippen molar-refractivity contribution < 1.29 is 14.4 Å². The Labute approximate surface area is 182 Å². The van der Waals surface area contributed by atoms with Gasteiger partial charge in [-0.3, -0.25) is 19.3 Å². The van der Waals surface area contributed by atoms with Gasteiger partial charge in [-0.1, -0.05) is 30.3 Å². The van der Waals surface area contributed by atoms with Gasteiger partial charge in [-0.05, 0) is 48.5 Å². The van der Waals surface area contributed by atoms with E-state index in [0.717, 1.165) is 38.7 Å². The molecule has 0 bridgehead atoms. The number of nitriles is 1. The number of nitrogens with zero attached hydrogens (tertiary/aromatic N) is 3. The van der Waals surface area contributed by atoms with Crippen molar-refractivity contribution >= 4 is 51.5 Å². The van der Waals surface area contributed by atoms with Gasteiger partial charge in [0.2, 0.25) is 5.91 Å². The summed E-state index contributed by atoms with van der Waals surface area (Å²) in [5.41, 5.74) is 3.20. The third-order valence-electron chi connectivity index (χ3n) is 4.82. The molecular formula is C23H18N4O3S. The summed E-state index contributed by atoms with van der Waals surface area (Å²) < 4.78 is 1.79. The van der Waals surface area contributed by atoms with Crippen molar-refractivity contribution in [1.82, 2.24) is 9.47 Å². The van der Waals surface area contributed by atoms with Gasteiger partial charge in [-0.15, -0.1) is 0 Å². The Hall–Kier alpha value is -3.83. The second-order valence-electron chi connectivity index (χ2n) is 7.07. The molecular weight excluding hydrogens is 412 g/mol. The third-order valence-corrected chi connectivity index (χ3v) is 5.73. The molecule has 3 aromatic rings. The SMILES string of the molecule is Cc1cccc(NC(=O)CN2C(=O)S/C(=C\c3cn(CC#N)c4ccccc34)C2=O)c1. The van der Waals surface area contributed by atoms with E-state index in [1.165, 1.54) is 0 Å². The number of aromatic nitrogens is 1. The number of hydrogen-bond acceptors (Lipinski definition) is 5. The number of benzene rings is 2. The molecule has 0 spiro atoms. The van der Waals surface area contributed by atoms with Crippen molar-refractivity contribution in [3.8, 4) is 6.07 Å². The lowest BCUT2D eigenvalue weighted by atomic mass is 10.1. The fourth-order valence-electron chi connectivity index (χ4n) is 3.44. The molecule has 1 aliphatic rings. The Kier molecular flexibility index (Phi) is 5.60. The number of carbonyl (C=O) groups is 3. The van der Waals surface area contributed by atoms with Gasteiger partial charge in [-0.2, -0.15) is 5.26 Å². The minimum Gasteiger partial charge on any atom is -0.333 e. The summed E-state index contributed by atoms with van der Waals surface area (Å²) in [5, 5.41) is 12.2. The Morgan fingerprint density at radius 3 is 2.77 bits per heavy atom. The number of amides is 3. The molecule has 7 nitrogen and oxygen atoms in total. The van der Waals surface area contributed by atoms with Gasteiger partial charge in [0.25, 0.3) is 11.1 Å². The molecule has 3 amide bonds. The topological polar surface area (TPSA) is 95.2 Å². The summed E-state index contributed by atoms with van der Waals surface area (Å²) in [6.45, 7) is 1.73. The van der Waals surface area contributed by atoms with Gasteiger partial charge < -0.3 is 9.88 Å². The molecule has 154 valence electrons. The first-order chi connectivity index (χ1) is 15.0. The molecule has 4 rings (SSSR count). The average Bonchev–Trinajstić information content (AvgIpc) is 3.21. The predicted octanol–water partition coefficient (Wildman–Crippen LogP) is 4.15. The zero-order chi connectivity index (χ0) is 22.0. The number of imide groups is 1. The van der Waals surface area contributed by atoms with E-state index in [4.69, 9.17) is 5.26 Å². The average molecular weight is 430 g/mol. The molecule has 1 N–H and O–H groups in total. The Morgan fingerprint density at radius 1 is 1.19 bits per heavy atom. The van der Waals surface area contributed by atoms with E-state index in [1.807, 2.05) is 49.4 Å². The van der Waals surface area contributed by atoms with E-state index >= 15 is 0 Å². The van der Waals surface area contributed by atoms with Crippen LogP contribution in [-0.2, 0) is 16.1 Å². The first kappa shape index (κ1) is 20.4. The van der Waals surface area contributed by atoms with Crippen LogP contribution in [0.2, 0.25) is 0 Å². The third kappa shape index (κ3) is 4.22. The molecule has 1 aliphatic heterocycles. The molecule has 2 aromatic carbocycles. The zero-order valence-electron chi connectivity index (χ0n) is 16.7. The number of fused-ring (bicyclic) bond motifs is 1. The maximum absolute atomic E-state index is 12.8. The Morgan fingerprint density at radius 2 is 2.00 bits per heavy atom. The highest BCUT2D eigenvalue weighted by atomic mass is 32.2. The Balaban J connectivity index is 1.55. The van der Waals surface area contributed by atoms with Crippen molar-refractivity contribution in [2.75, 3.05) is 11.9 Å². The van der Waals surface area contributed by atoms with Crippen LogP contribution in [0.5, 0.6) is 0 Å². The summed E-state index contributed by atoms with van der Waals surface area (Å²) in [6, 6.07) is 16.9. The van der Waals surface area contributed by atoms with Crippen molar-refractivity contribution in [3.05, 3.63) is 70.8 Å². The lowest BCUT2D eigenvalue weighted by Crippen LogP contribution is -2.36. The van der Waals surface area contributed by atoms with Crippen LogP contribution in [0, 0.1) is 18.3 Å². The van der Waals surface area contributed by atoms with E-state index in [-0.39, 0.29) is 18.0 Å². The number of para-hydroxylation sites is 1. The van der Waals surface area contributed by atoms with E-state index in [9.17, 15) is 14.4 Å². The van der Waals surface area contributed by atoms with E-state index in [1.54, 1.807) is 22.9 Å². The minimum absolute atomic E-state index is 0.176. The maximum Gasteiger partial charge on any atom is 0.294 e. The number of hydrogen-bond donors (Lipinski definition) is 1. The molecule has 0 saturated carbocycles. The van der Waals surface area contributed by atoms with Crippen LogP contribution in [0.15, 0.2) is 59.6 Å². The molecule has 2 heterocycles. The van der Waals surface area contributed by atoms with E-state index < -0.39 is 17.1 Å². The van der Waals surface area contributed by atoms with Crippen LogP contribution in [0.1, 0.15) is 11.1 Å². The van der Waals surface area contributed by atoms with Crippen LogP contribution in [-0.4, -0.2) is 33.1 Å². The number of nitrogens with one attached hydrogen (secondary N) is 1. The zero-order valence-corrected chi connectivity index (χ0v) is 17.5. The number of rotatable bonds is 5. The maximum atomic E-state index is 12.8. The van der Waals surface area contributed by atoms with Crippen molar-refractivity contribution in [2.24, 2.45) is 0 Å².